The predicted molar refractivity (Wildman–Crippen MR) is 81.1 cm³/mol. The summed E-state index contributed by atoms with van der Waals surface area (Å²) in [5.41, 5.74) is 3.83. The van der Waals surface area contributed by atoms with Gasteiger partial charge in [-0.25, -0.2) is 10.8 Å². The highest BCUT2D eigenvalue weighted by molar-refractivity contribution is 7.10. The van der Waals surface area contributed by atoms with Crippen molar-refractivity contribution in [3.63, 3.8) is 0 Å². The first-order valence-corrected chi connectivity index (χ1v) is 7.45. The molecule has 100 valence electrons. The number of pyridine rings is 1. The lowest BCUT2D eigenvalue weighted by molar-refractivity contribution is 0.732. The summed E-state index contributed by atoms with van der Waals surface area (Å²) in [6.45, 7) is 1.71. The van der Waals surface area contributed by atoms with Crippen molar-refractivity contribution >= 4 is 46.2 Å². The van der Waals surface area contributed by atoms with E-state index in [0.29, 0.717) is 15.9 Å². The van der Waals surface area contributed by atoms with E-state index in [9.17, 15) is 0 Å². The van der Waals surface area contributed by atoms with Crippen LogP contribution in [0, 0.1) is 0 Å². The number of anilines is 2. The number of nitrogens with zero attached hydrogens (tertiary/aromatic N) is 2. The summed E-state index contributed by atoms with van der Waals surface area (Å²) in [6.07, 6.45) is 1.01. The van der Waals surface area contributed by atoms with Gasteiger partial charge in [0, 0.05) is 18.0 Å². The topological polar surface area (TPSA) is 54.2 Å². The fourth-order valence-electron chi connectivity index (χ4n) is 2.21. The van der Waals surface area contributed by atoms with Gasteiger partial charge in [-0.05, 0) is 29.5 Å². The Morgan fingerprint density at radius 2 is 2.21 bits per heavy atom. The number of fused-ring (bicyclic) bond motifs is 1. The molecule has 0 radical (unpaired) electrons. The van der Waals surface area contributed by atoms with Gasteiger partial charge in [0.15, 0.2) is 5.82 Å². The van der Waals surface area contributed by atoms with E-state index in [1.165, 1.54) is 10.4 Å². The molecule has 1 aliphatic rings. The van der Waals surface area contributed by atoms with Crippen molar-refractivity contribution in [1.29, 1.82) is 0 Å². The second-order valence-corrected chi connectivity index (χ2v) is 6.12. The predicted octanol–water partition coefficient (Wildman–Crippen LogP) is 3.30. The Balaban J connectivity index is 1.95. The summed E-state index contributed by atoms with van der Waals surface area (Å²) >= 11 is 14.0. The molecule has 0 spiro atoms. The van der Waals surface area contributed by atoms with Gasteiger partial charge in [-0.3, -0.25) is 0 Å². The summed E-state index contributed by atoms with van der Waals surface area (Å²) in [6, 6.07) is 3.82. The van der Waals surface area contributed by atoms with Gasteiger partial charge in [0.1, 0.15) is 5.82 Å². The summed E-state index contributed by atoms with van der Waals surface area (Å²) in [4.78, 5) is 7.99. The number of rotatable bonds is 2. The summed E-state index contributed by atoms with van der Waals surface area (Å²) < 4.78 is 0. The quantitative estimate of drug-likeness (QED) is 0.659. The van der Waals surface area contributed by atoms with Crippen LogP contribution in [0.2, 0.25) is 10.0 Å². The largest absolute Gasteiger partial charge is 0.351 e. The maximum Gasteiger partial charge on any atom is 0.161 e. The second kappa shape index (κ2) is 5.17. The average molecular weight is 315 g/mol. The van der Waals surface area contributed by atoms with Gasteiger partial charge in [0.25, 0.3) is 0 Å². The number of hydrazine groups is 1. The Bertz CT molecular complexity index is 614. The first-order chi connectivity index (χ1) is 9.19. The van der Waals surface area contributed by atoms with Crippen LogP contribution in [-0.2, 0) is 13.0 Å². The monoisotopic (exact) mass is 314 g/mol. The van der Waals surface area contributed by atoms with Crippen LogP contribution in [0.5, 0.6) is 0 Å². The number of halogens is 2. The number of nitrogens with one attached hydrogen (secondary N) is 1. The number of hydrogen-bond acceptors (Lipinski definition) is 5. The first kappa shape index (κ1) is 13.0. The zero-order valence-electron chi connectivity index (χ0n) is 9.99. The lowest BCUT2D eigenvalue weighted by atomic mass is 10.1. The molecule has 0 bridgehead atoms. The minimum absolute atomic E-state index is 0.421. The molecule has 0 aliphatic carbocycles. The Morgan fingerprint density at radius 3 is 3.00 bits per heavy atom. The molecule has 2 aromatic rings. The van der Waals surface area contributed by atoms with Crippen LogP contribution < -0.4 is 16.2 Å². The molecule has 3 heterocycles. The Morgan fingerprint density at radius 1 is 1.37 bits per heavy atom. The second-order valence-electron chi connectivity index (χ2n) is 4.31. The molecule has 0 saturated carbocycles. The van der Waals surface area contributed by atoms with Gasteiger partial charge in [-0.1, -0.05) is 23.2 Å². The Kier molecular flexibility index (Phi) is 3.54. The minimum atomic E-state index is 0.421. The normalized spacial score (nSPS) is 14.4. The molecular weight excluding hydrogens is 303 g/mol. The maximum absolute atomic E-state index is 6.24. The third kappa shape index (κ3) is 2.39. The molecule has 0 atom stereocenters. The van der Waals surface area contributed by atoms with Gasteiger partial charge in [-0.15, -0.1) is 11.3 Å². The SMILES string of the molecule is NNc1nc(N2CCc3sccc3C2)c(Cl)cc1Cl. The standard InChI is InChI=1S/C12H12Cl2N4S/c13-8-5-9(14)12(16-11(8)17-15)18-3-1-10-7(6-18)2-4-19-10/h2,4-5H,1,3,6,15H2,(H,16,17). The molecule has 3 N–H and O–H groups in total. The molecule has 0 unspecified atom stereocenters. The van der Waals surface area contributed by atoms with Crippen LogP contribution in [0.4, 0.5) is 11.6 Å². The van der Waals surface area contributed by atoms with Gasteiger partial charge in [-0.2, -0.15) is 0 Å². The van der Waals surface area contributed by atoms with E-state index >= 15 is 0 Å². The molecule has 0 amide bonds. The van der Waals surface area contributed by atoms with Crippen LogP contribution in [0.3, 0.4) is 0 Å². The third-order valence-electron chi connectivity index (χ3n) is 3.15. The highest BCUT2D eigenvalue weighted by Gasteiger charge is 2.21. The molecule has 0 aromatic carbocycles. The zero-order chi connectivity index (χ0) is 13.4. The fraction of sp³-hybridized carbons (Fsp3) is 0.250. The molecule has 4 nitrogen and oxygen atoms in total. The van der Waals surface area contributed by atoms with Crippen molar-refractivity contribution in [3.05, 3.63) is 38.0 Å². The smallest absolute Gasteiger partial charge is 0.161 e. The van der Waals surface area contributed by atoms with Gasteiger partial charge >= 0.3 is 0 Å². The molecule has 7 heteroatoms. The van der Waals surface area contributed by atoms with Crippen LogP contribution in [0.1, 0.15) is 10.4 Å². The molecule has 3 rings (SSSR count). The molecule has 0 fully saturated rings. The number of aromatic nitrogens is 1. The molecule has 19 heavy (non-hydrogen) atoms. The zero-order valence-corrected chi connectivity index (χ0v) is 12.3. The van der Waals surface area contributed by atoms with Gasteiger partial charge in [0.05, 0.1) is 10.0 Å². The summed E-state index contributed by atoms with van der Waals surface area (Å²) in [7, 11) is 0. The van der Waals surface area contributed by atoms with Crippen molar-refractivity contribution in [2.24, 2.45) is 5.84 Å². The molecular formula is C12H12Cl2N4S. The lowest BCUT2D eigenvalue weighted by Gasteiger charge is -2.29. The third-order valence-corrected chi connectivity index (χ3v) is 4.74. The summed E-state index contributed by atoms with van der Waals surface area (Å²) in [5.74, 6) is 6.56. The molecule has 1 aliphatic heterocycles. The van der Waals surface area contributed by atoms with Crippen LogP contribution in [-0.4, -0.2) is 11.5 Å². The highest BCUT2D eigenvalue weighted by Crippen LogP contribution is 2.34. The van der Waals surface area contributed by atoms with E-state index in [1.807, 2.05) is 0 Å². The van der Waals surface area contributed by atoms with Crippen molar-refractivity contribution in [2.75, 3.05) is 16.9 Å². The number of thiophene rings is 1. The van der Waals surface area contributed by atoms with E-state index < -0.39 is 0 Å². The van der Waals surface area contributed by atoms with Crippen molar-refractivity contribution in [1.82, 2.24) is 4.98 Å². The minimum Gasteiger partial charge on any atom is -0.351 e. The lowest BCUT2D eigenvalue weighted by Crippen LogP contribution is -2.30. The maximum atomic E-state index is 6.24. The Hall–Kier alpha value is -1.01. The first-order valence-electron chi connectivity index (χ1n) is 5.82. The van der Waals surface area contributed by atoms with Gasteiger partial charge in [0.2, 0.25) is 0 Å². The number of nitrogens with two attached hydrogens (primary N) is 1. The number of hydrogen-bond donors (Lipinski definition) is 2. The average Bonchev–Trinajstić information content (AvgIpc) is 2.86. The van der Waals surface area contributed by atoms with E-state index in [-0.39, 0.29) is 0 Å². The van der Waals surface area contributed by atoms with Crippen LogP contribution >= 0.6 is 34.5 Å². The van der Waals surface area contributed by atoms with E-state index in [1.54, 1.807) is 17.4 Å². The number of nitrogen functional groups attached to an aromatic ring is 1. The van der Waals surface area contributed by atoms with Crippen LogP contribution in [0.15, 0.2) is 17.5 Å². The molecule has 2 aromatic heterocycles. The van der Waals surface area contributed by atoms with Crippen molar-refractivity contribution in [3.8, 4) is 0 Å². The molecule has 0 saturated heterocycles. The summed E-state index contributed by atoms with van der Waals surface area (Å²) in [5, 5.41) is 3.09. The fourth-order valence-corrected chi connectivity index (χ4v) is 3.63. The van der Waals surface area contributed by atoms with Crippen molar-refractivity contribution in [2.45, 2.75) is 13.0 Å². The van der Waals surface area contributed by atoms with Crippen molar-refractivity contribution < 1.29 is 0 Å². The van der Waals surface area contributed by atoms with E-state index in [4.69, 9.17) is 29.0 Å². The Labute approximate surface area is 125 Å². The van der Waals surface area contributed by atoms with E-state index in [0.717, 1.165) is 25.3 Å². The van der Waals surface area contributed by atoms with Gasteiger partial charge < -0.3 is 10.3 Å². The van der Waals surface area contributed by atoms with E-state index in [2.05, 4.69) is 26.8 Å². The van der Waals surface area contributed by atoms with Crippen LogP contribution in [0.25, 0.3) is 0 Å². The highest BCUT2D eigenvalue weighted by atomic mass is 35.5.